The first-order chi connectivity index (χ1) is 10.5. The van der Waals surface area contributed by atoms with E-state index in [1.54, 1.807) is 11.9 Å². The van der Waals surface area contributed by atoms with Crippen molar-refractivity contribution in [1.29, 1.82) is 0 Å². The highest BCUT2D eigenvalue weighted by Gasteiger charge is 2.40. The Labute approximate surface area is 129 Å². The quantitative estimate of drug-likeness (QED) is 0.923. The number of carbonyl (C=O) groups is 2. The van der Waals surface area contributed by atoms with Gasteiger partial charge in [-0.2, -0.15) is 0 Å². The molecule has 1 saturated heterocycles. The predicted octanol–water partition coefficient (Wildman–Crippen LogP) is 1.84. The van der Waals surface area contributed by atoms with E-state index in [9.17, 15) is 14.0 Å². The Bertz CT molecular complexity index is 581. The summed E-state index contributed by atoms with van der Waals surface area (Å²) >= 11 is 0. The fourth-order valence-corrected chi connectivity index (χ4v) is 3.41. The molecule has 1 aromatic carbocycles. The van der Waals surface area contributed by atoms with Gasteiger partial charge < -0.3 is 10.2 Å². The van der Waals surface area contributed by atoms with E-state index in [1.165, 1.54) is 12.1 Å². The maximum Gasteiger partial charge on any atom is 0.225 e. The molecule has 2 fully saturated rings. The van der Waals surface area contributed by atoms with Crippen LogP contribution in [0, 0.1) is 11.7 Å². The van der Waals surface area contributed by atoms with Crippen molar-refractivity contribution in [1.82, 2.24) is 10.2 Å². The second kappa shape index (κ2) is 5.71. The van der Waals surface area contributed by atoms with E-state index in [0.717, 1.165) is 24.8 Å². The number of halogens is 1. The zero-order valence-corrected chi connectivity index (χ0v) is 12.8. The average Bonchev–Trinajstić information content (AvgIpc) is 2.79. The normalized spacial score (nSPS) is 23.3. The van der Waals surface area contributed by atoms with Gasteiger partial charge in [0.15, 0.2) is 0 Å². The van der Waals surface area contributed by atoms with Crippen LogP contribution in [0.15, 0.2) is 24.3 Å². The second-order valence-electron chi connectivity index (χ2n) is 6.53. The summed E-state index contributed by atoms with van der Waals surface area (Å²) in [5, 5.41) is 3.01. The molecule has 1 N–H and O–H groups in total. The molecule has 5 heteroatoms. The molecule has 118 valence electrons. The van der Waals surface area contributed by atoms with E-state index in [4.69, 9.17) is 0 Å². The fourth-order valence-electron chi connectivity index (χ4n) is 3.41. The number of amides is 2. The second-order valence-corrected chi connectivity index (χ2v) is 6.53. The van der Waals surface area contributed by atoms with Gasteiger partial charge in [0.1, 0.15) is 5.82 Å². The molecule has 0 aromatic heterocycles. The number of carbonyl (C=O) groups excluding carboxylic acids is 2. The maximum atomic E-state index is 13.1. The third kappa shape index (κ3) is 2.72. The predicted molar refractivity (Wildman–Crippen MR) is 80.7 cm³/mol. The highest BCUT2D eigenvalue weighted by atomic mass is 19.1. The molecule has 1 heterocycles. The van der Waals surface area contributed by atoms with Crippen molar-refractivity contribution in [2.45, 2.75) is 31.1 Å². The molecule has 1 aliphatic carbocycles. The van der Waals surface area contributed by atoms with Gasteiger partial charge in [-0.1, -0.05) is 18.6 Å². The third-order valence-electron chi connectivity index (χ3n) is 5.08. The molecule has 1 aliphatic heterocycles. The van der Waals surface area contributed by atoms with Gasteiger partial charge in [-0.25, -0.2) is 4.39 Å². The number of nitrogens with one attached hydrogen (secondary N) is 1. The summed E-state index contributed by atoms with van der Waals surface area (Å²) in [5.41, 5.74) is 1.01. The van der Waals surface area contributed by atoms with Gasteiger partial charge in [-0.15, -0.1) is 0 Å². The van der Waals surface area contributed by atoms with Crippen LogP contribution in [-0.4, -0.2) is 36.9 Å². The van der Waals surface area contributed by atoms with E-state index >= 15 is 0 Å². The van der Waals surface area contributed by atoms with Gasteiger partial charge in [0, 0.05) is 32.0 Å². The minimum Gasteiger partial charge on any atom is -0.355 e. The van der Waals surface area contributed by atoms with Gasteiger partial charge in [0.25, 0.3) is 0 Å². The summed E-state index contributed by atoms with van der Waals surface area (Å²) in [6.07, 6.45) is 3.43. The van der Waals surface area contributed by atoms with Gasteiger partial charge in [-0.3, -0.25) is 9.59 Å². The summed E-state index contributed by atoms with van der Waals surface area (Å²) in [6, 6.07) is 6.57. The highest BCUT2D eigenvalue weighted by molar-refractivity contribution is 5.89. The Balaban J connectivity index is 1.63. The largest absolute Gasteiger partial charge is 0.355 e. The molecule has 0 spiro atoms. The average molecular weight is 304 g/mol. The lowest BCUT2D eigenvalue weighted by atomic mass is 9.64. The maximum absolute atomic E-state index is 13.1. The lowest BCUT2D eigenvalue weighted by Crippen LogP contribution is -2.47. The molecule has 0 radical (unpaired) electrons. The van der Waals surface area contributed by atoms with Crippen LogP contribution in [0.5, 0.6) is 0 Å². The summed E-state index contributed by atoms with van der Waals surface area (Å²) < 4.78 is 13.1. The van der Waals surface area contributed by atoms with Crippen LogP contribution in [0.2, 0.25) is 0 Å². The first-order valence-corrected chi connectivity index (χ1v) is 7.78. The lowest BCUT2D eigenvalue weighted by Gasteiger charge is -2.42. The van der Waals surface area contributed by atoms with Crippen molar-refractivity contribution in [3.05, 3.63) is 35.6 Å². The van der Waals surface area contributed by atoms with Crippen molar-refractivity contribution < 1.29 is 14.0 Å². The highest BCUT2D eigenvalue weighted by Crippen LogP contribution is 2.43. The van der Waals surface area contributed by atoms with Crippen molar-refractivity contribution in [2.24, 2.45) is 5.92 Å². The number of nitrogens with zero attached hydrogens (tertiary/aromatic N) is 1. The molecule has 1 saturated carbocycles. The smallest absolute Gasteiger partial charge is 0.225 e. The molecule has 2 amide bonds. The Morgan fingerprint density at radius 2 is 2.05 bits per heavy atom. The number of likely N-dealkylation sites (tertiary alicyclic amines) is 1. The van der Waals surface area contributed by atoms with Crippen LogP contribution in [0.4, 0.5) is 4.39 Å². The SMILES string of the molecule is CN1CC(C(=O)NCC2(c3ccc(F)cc3)CCC2)CC1=O. The van der Waals surface area contributed by atoms with E-state index < -0.39 is 0 Å². The molecule has 1 unspecified atom stereocenters. The molecule has 3 rings (SSSR count). The van der Waals surface area contributed by atoms with E-state index in [-0.39, 0.29) is 29.0 Å². The van der Waals surface area contributed by atoms with Crippen LogP contribution >= 0.6 is 0 Å². The minimum absolute atomic E-state index is 0.0250. The Morgan fingerprint density at radius 3 is 2.55 bits per heavy atom. The van der Waals surface area contributed by atoms with Gasteiger partial charge in [-0.05, 0) is 30.5 Å². The van der Waals surface area contributed by atoms with Crippen LogP contribution in [0.3, 0.4) is 0 Å². The molecular formula is C17H21FN2O2. The van der Waals surface area contributed by atoms with E-state index in [0.29, 0.717) is 19.5 Å². The summed E-state index contributed by atoms with van der Waals surface area (Å²) in [7, 11) is 1.72. The van der Waals surface area contributed by atoms with Crippen molar-refractivity contribution in [2.75, 3.05) is 20.1 Å². The molecule has 1 aromatic rings. The van der Waals surface area contributed by atoms with E-state index in [1.807, 2.05) is 12.1 Å². The lowest BCUT2D eigenvalue weighted by molar-refractivity contribution is -0.128. The van der Waals surface area contributed by atoms with Crippen molar-refractivity contribution >= 4 is 11.8 Å². The fraction of sp³-hybridized carbons (Fsp3) is 0.529. The number of hydrogen-bond acceptors (Lipinski definition) is 2. The number of hydrogen-bond donors (Lipinski definition) is 1. The van der Waals surface area contributed by atoms with Crippen molar-refractivity contribution in [3.63, 3.8) is 0 Å². The van der Waals surface area contributed by atoms with Crippen LogP contribution < -0.4 is 5.32 Å². The van der Waals surface area contributed by atoms with Crippen LogP contribution in [0.25, 0.3) is 0 Å². The number of rotatable bonds is 4. The van der Waals surface area contributed by atoms with Crippen LogP contribution in [-0.2, 0) is 15.0 Å². The Hall–Kier alpha value is -1.91. The third-order valence-corrected chi connectivity index (χ3v) is 5.08. The first-order valence-electron chi connectivity index (χ1n) is 7.78. The molecule has 0 bridgehead atoms. The number of benzene rings is 1. The standard InChI is InChI=1S/C17H21FN2O2/c1-20-10-12(9-15(20)21)16(22)19-11-17(7-2-8-17)13-3-5-14(18)6-4-13/h3-6,12H,2,7-11H2,1H3,(H,19,22). The Kier molecular flexibility index (Phi) is 3.89. The molecular weight excluding hydrogens is 283 g/mol. The van der Waals surface area contributed by atoms with E-state index in [2.05, 4.69) is 5.32 Å². The Morgan fingerprint density at radius 1 is 1.36 bits per heavy atom. The van der Waals surface area contributed by atoms with Crippen molar-refractivity contribution in [3.8, 4) is 0 Å². The summed E-state index contributed by atoms with van der Waals surface area (Å²) in [5.74, 6) is -0.513. The van der Waals surface area contributed by atoms with Gasteiger partial charge in [0.05, 0.1) is 5.92 Å². The first kappa shape index (κ1) is 15.0. The molecule has 22 heavy (non-hydrogen) atoms. The summed E-state index contributed by atoms with van der Waals surface area (Å²) in [4.78, 5) is 25.4. The zero-order valence-electron chi connectivity index (χ0n) is 12.8. The zero-order chi connectivity index (χ0) is 15.7. The minimum atomic E-state index is -0.247. The van der Waals surface area contributed by atoms with Gasteiger partial charge >= 0.3 is 0 Å². The van der Waals surface area contributed by atoms with Crippen LogP contribution in [0.1, 0.15) is 31.2 Å². The molecule has 2 aliphatic rings. The molecule has 1 atom stereocenters. The molecule has 4 nitrogen and oxygen atoms in total. The monoisotopic (exact) mass is 304 g/mol. The van der Waals surface area contributed by atoms with Gasteiger partial charge in [0.2, 0.25) is 11.8 Å². The summed E-state index contributed by atoms with van der Waals surface area (Å²) in [6.45, 7) is 1.06. The topological polar surface area (TPSA) is 49.4 Å².